The van der Waals surface area contributed by atoms with Crippen LogP contribution in [0.25, 0.3) is 0 Å². The van der Waals surface area contributed by atoms with Gasteiger partial charge in [0.25, 0.3) is 0 Å². The first kappa shape index (κ1) is 22.5. The highest BCUT2D eigenvalue weighted by Crippen LogP contribution is 2.28. The van der Waals surface area contributed by atoms with Crippen molar-refractivity contribution >= 4 is 29.9 Å². The van der Waals surface area contributed by atoms with Crippen LogP contribution in [0.15, 0.2) is 48.5 Å². The lowest BCUT2D eigenvalue weighted by Crippen LogP contribution is -2.49. The number of ether oxygens (including phenoxy) is 1. The number of rotatable bonds is 6. The number of benzene rings is 2. The Morgan fingerprint density at radius 1 is 1.29 bits per heavy atom. The standard InChI is InChI=1S/C21H26ClN3O2.ClH/c1-15(16-7-4-6-10-20(16)27-2)24-21(26)14-25-12-11-23-13-19(25)17-8-3-5-9-18(17)22;/h3-10,15,19,23H,11-14H2,1-2H3,(H,24,26);1H. The SMILES string of the molecule is COc1ccccc1C(C)NC(=O)CN1CCNCC1c1ccccc1Cl.Cl. The zero-order valence-corrected chi connectivity index (χ0v) is 17.7. The molecule has 5 nitrogen and oxygen atoms in total. The third-order valence-electron chi connectivity index (χ3n) is 4.95. The monoisotopic (exact) mass is 423 g/mol. The third-order valence-corrected chi connectivity index (χ3v) is 5.29. The van der Waals surface area contributed by atoms with E-state index in [2.05, 4.69) is 15.5 Å². The van der Waals surface area contributed by atoms with Gasteiger partial charge in [0.2, 0.25) is 5.91 Å². The highest BCUT2D eigenvalue weighted by Gasteiger charge is 2.27. The Bertz CT molecular complexity index is 788. The van der Waals surface area contributed by atoms with Crippen molar-refractivity contribution in [1.82, 2.24) is 15.5 Å². The minimum atomic E-state index is -0.129. The van der Waals surface area contributed by atoms with Crippen molar-refractivity contribution in [3.05, 3.63) is 64.7 Å². The van der Waals surface area contributed by atoms with Gasteiger partial charge in [0.15, 0.2) is 0 Å². The topological polar surface area (TPSA) is 53.6 Å². The molecule has 2 aromatic rings. The number of carbonyl (C=O) groups excluding carboxylic acids is 1. The van der Waals surface area contributed by atoms with Gasteiger partial charge >= 0.3 is 0 Å². The fraction of sp³-hybridized carbons (Fsp3) is 0.381. The molecule has 3 rings (SSSR count). The van der Waals surface area contributed by atoms with Crippen LogP contribution in [0.1, 0.15) is 30.1 Å². The summed E-state index contributed by atoms with van der Waals surface area (Å²) < 4.78 is 5.40. The summed E-state index contributed by atoms with van der Waals surface area (Å²) in [6.45, 7) is 4.73. The molecule has 0 spiro atoms. The Morgan fingerprint density at radius 2 is 2.00 bits per heavy atom. The number of amides is 1. The van der Waals surface area contributed by atoms with Gasteiger partial charge in [-0.15, -0.1) is 12.4 Å². The predicted octanol–water partition coefficient (Wildman–Crippen LogP) is 3.59. The van der Waals surface area contributed by atoms with Crippen LogP contribution in [-0.4, -0.2) is 44.1 Å². The van der Waals surface area contributed by atoms with Gasteiger partial charge in [-0.25, -0.2) is 0 Å². The van der Waals surface area contributed by atoms with Gasteiger partial charge in [0, 0.05) is 36.3 Å². The summed E-state index contributed by atoms with van der Waals surface area (Å²) in [5, 5.41) is 7.22. The van der Waals surface area contributed by atoms with Gasteiger partial charge in [0.05, 0.1) is 19.7 Å². The number of hydrogen-bond donors (Lipinski definition) is 2. The van der Waals surface area contributed by atoms with E-state index in [0.717, 1.165) is 41.5 Å². The molecule has 1 amide bonds. The molecular formula is C21H27Cl2N3O2. The number of para-hydroxylation sites is 1. The lowest BCUT2D eigenvalue weighted by molar-refractivity contribution is -0.123. The number of methoxy groups -OCH3 is 1. The summed E-state index contributed by atoms with van der Waals surface area (Å²) in [6.07, 6.45) is 0. The van der Waals surface area contributed by atoms with Crippen molar-refractivity contribution in [2.45, 2.75) is 19.0 Å². The smallest absolute Gasteiger partial charge is 0.234 e. The summed E-state index contributed by atoms with van der Waals surface area (Å²) in [5.41, 5.74) is 2.02. The van der Waals surface area contributed by atoms with E-state index in [9.17, 15) is 4.79 Å². The molecule has 0 aromatic heterocycles. The Kier molecular flexibility index (Phi) is 8.58. The van der Waals surface area contributed by atoms with E-state index in [1.54, 1.807) is 7.11 Å². The van der Waals surface area contributed by atoms with Gasteiger partial charge in [-0.1, -0.05) is 48.0 Å². The van der Waals surface area contributed by atoms with E-state index in [-0.39, 0.29) is 30.4 Å². The summed E-state index contributed by atoms with van der Waals surface area (Å²) in [5.74, 6) is 0.772. The molecule has 1 saturated heterocycles. The Hall–Kier alpha value is -1.79. The second-order valence-corrected chi connectivity index (χ2v) is 7.15. The lowest BCUT2D eigenvalue weighted by Gasteiger charge is -2.36. The first-order chi connectivity index (χ1) is 13.1. The van der Waals surface area contributed by atoms with Crippen molar-refractivity contribution in [2.75, 3.05) is 33.3 Å². The summed E-state index contributed by atoms with van der Waals surface area (Å²) in [4.78, 5) is 14.9. The van der Waals surface area contributed by atoms with Crippen LogP contribution in [0.3, 0.4) is 0 Å². The third kappa shape index (κ3) is 5.39. The fourth-order valence-corrected chi connectivity index (χ4v) is 3.82. The largest absolute Gasteiger partial charge is 0.496 e. The van der Waals surface area contributed by atoms with Crippen LogP contribution in [-0.2, 0) is 4.79 Å². The van der Waals surface area contributed by atoms with E-state index in [1.165, 1.54) is 0 Å². The zero-order chi connectivity index (χ0) is 19.2. The molecule has 0 bridgehead atoms. The molecule has 2 atom stereocenters. The normalized spacial score (nSPS) is 18.0. The molecule has 1 aliphatic heterocycles. The van der Waals surface area contributed by atoms with Crippen LogP contribution in [0.5, 0.6) is 5.75 Å². The predicted molar refractivity (Wildman–Crippen MR) is 115 cm³/mol. The Balaban J connectivity index is 0.00000280. The molecular weight excluding hydrogens is 397 g/mol. The number of halogens is 2. The minimum Gasteiger partial charge on any atom is -0.496 e. The van der Waals surface area contributed by atoms with Gasteiger partial charge < -0.3 is 15.4 Å². The first-order valence-corrected chi connectivity index (χ1v) is 9.59. The summed E-state index contributed by atoms with van der Waals surface area (Å²) in [7, 11) is 1.64. The average Bonchev–Trinajstić information content (AvgIpc) is 2.69. The molecule has 7 heteroatoms. The number of piperazine rings is 1. The van der Waals surface area contributed by atoms with Crippen LogP contribution >= 0.6 is 24.0 Å². The van der Waals surface area contributed by atoms with Crippen LogP contribution in [0.2, 0.25) is 5.02 Å². The highest BCUT2D eigenvalue weighted by molar-refractivity contribution is 6.31. The molecule has 2 unspecified atom stereocenters. The average molecular weight is 424 g/mol. The quantitative estimate of drug-likeness (QED) is 0.744. The molecule has 28 heavy (non-hydrogen) atoms. The fourth-order valence-electron chi connectivity index (χ4n) is 3.56. The van der Waals surface area contributed by atoms with Crippen molar-refractivity contribution in [3.63, 3.8) is 0 Å². The Labute approximate surface area is 177 Å². The molecule has 1 fully saturated rings. The van der Waals surface area contributed by atoms with Crippen molar-refractivity contribution in [1.29, 1.82) is 0 Å². The molecule has 0 aliphatic carbocycles. The molecule has 1 heterocycles. The van der Waals surface area contributed by atoms with Crippen molar-refractivity contribution < 1.29 is 9.53 Å². The second kappa shape index (κ2) is 10.7. The van der Waals surface area contributed by atoms with E-state index in [0.29, 0.717) is 6.54 Å². The maximum atomic E-state index is 12.7. The van der Waals surface area contributed by atoms with Crippen molar-refractivity contribution in [2.24, 2.45) is 0 Å². The number of carbonyl (C=O) groups is 1. The van der Waals surface area contributed by atoms with Gasteiger partial charge in [-0.3, -0.25) is 9.69 Å². The Morgan fingerprint density at radius 3 is 2.75 bits per heavy atom. The maximum Gasteiger partial charge on any atom is 0.234 e. The molecule has 2 N–H and O–H groups in total. The summed E-state index contributed by atoms with van der Waals surface area (Å²) in [6, 6.07) is 15.5. The molecule has 152 valence electrons. The van der Waals surface area contributed by atoms with Crippen molar-refractivity contribution in [3.8, 4) is 5.75 Å². The number of nitrogens with zero attached hydrogens (tertiary/aromatic N) is 1. The summed E-state index contributed by atoms with van der Waals surface area (Å²) >= 11 is 6.39. The van der Waals surface area contributed by atoms with Crippen LogP contribution in [0, 0.1) is 0 Å². The first-order valence-electron chi connectivity index (χ1n) is 9.21. The van der Waals surface area contributed by atoms with Crippen LogP contribution < -0.4 is 15.4 Å². The molecule has 0 radical (unpaired) electrons. The number of hydrogen-bond acceptors (Lipinski definition) is 4. The second-order valence-electron chi connectivity index (χ2n) is 6.74. The van der Waals surface area contributed by atoms with Gasteiger partial charge in [0.1, 0.15) is 5.75 Å². The van der Waals surface area contributed by atoms with Gasteiger partial charge in [-0.05, 0) is 24.6 Å². The molecule has 1 aliphatic rings. The zero-order valence-electron chi connectivity index (χ0n) is 16.2. The number of nitrogens with one attached hydrogen (secondary N) is 2. The van der Waals surface area contributed by atoms with E-state index in [1.807, 2.05) is 55.5 Å². The maximum absolute atomic E-state index is 12.7. The molecule has 0 saturated carbocycles. The van der Waals surface area contributed by atoms with E-state index in [4.69, 9.17) is 16.3 Å². The van der Waals surface area contributed by atoms with E-state index < -0.39 is 0 Å². The highest BCUT2D eigenvalue weighted by atomic mass is 35.5. The molecule has 2 aromatic carbocycles. The minimum absolute atomic E-state index is 0. The van der Waals surface area contributed by atoms with Gasteiger partial charge in [-0.2, -0.15) is 0 Å². The lowest BCUT2D eigenvalue weighted by atomic mass is 10.0. The van der Waals surface area contributed by atoms with Crippen LogP contribution in [0.4, 0.5) is 0 Å². The van der Waals surface area contributed by atoms with E-state index >= 15 is 0 Å².